The maximum atomic E-state index is 12.4. The molecule has 1 aromatic heterocycles. The zero-order valence-electron chi connectivity index (χ0n) is 12.9. The summed E-state index contributed by atoms with van der Waals surface area (Å²) in [5.41, 5.74) is 1.27. The Balaban J connectivity index is 1.74. The molecule has 2 aromatic rings. The maximum absolute atomic E-state index is 12.4. The number of hydrogen-bond acceptors (Lipinski definition) is 3. The Labute approximate surface area is 140 Å². The Bertz CT molecular complexity index is 669. The minimum Gasteiger partial charge on any atom is -0.376 e. The molecule has 1 aliphatic rings. The lowest BCUT2D eigenvalue weighted by Crippen LogP contribution is -2.37. The number of benzene rings is 1. The van der Waals surface area contributed by atoms with Crippen LogP contribution in [0.2, 0.25) is 5.02 Å². The van der Waals surface area contributed by atoms with Gasteiger partial charge in [-0.2, -0.15) is 5.10 Å². The van der Waals surface area contributed by atoms with Crippen LogP contribution in [0.3, 0.4) is 0 Å². The van der Waals surface area contributed by atoms with E-state index in [-0.39, 0.29) is 12.1 Å². The third kappa shape index (κ3) is 3.65. The SMILES string of the molecule is CN(C[C@@H]1CCCO1)C(=O)Nc1cccc(Cl)c1-n1cccn1. The molecule has 122 valence electrons. The van der Waals surface area contributed by atoms with Gasteiger partial charge in [0.2, 0.25) is 0 Å². The van der Waals surface area contributed by atoms with Gasteiger partial charge in [0, 0.05) is 32.6 Å². The summed E-state index contributed by atoms with van der Waals surface area (Å²) in [6.07, 6.45) is 5.62. The van der Waals surface area contributed by atoms with E-state index in [1.807, 2.05) is 0 Å². The second-order valence-corrected chi connectivity index (χ2v) is 5.94. The average Bonchev–Trinajstić information content (AvgIpc) is 3.20. The lowest BCUT2D eigenvalue weighted by molar-refractivity contribution is 0.0894. The minimum atomic E-state index is -0.198. The Morgan fingerprint density at radius 1 is 1.52 bits per heavy atom. The van der Waals surface area contributed by atoms with Crippen molar-refractivity contribution in [3.8, 4) is 5.69 Å². The van der Waals surface area contributed by atoms with Crippen LogP contribution < -0.4 is 5.32 Å². The van der Waals surface area contributed by atoms with Crippen LogP contribution in [0, 0.1) is 0 Å². The van der Waals surface area contributed by atoms with Crippen LogP contribution in [-0.2, 0) is 4.74 Å². The third-order valence-electron chi connectivity index (χ3n) is 3.81. The quantitative estimate of drug-likeness (QED) is 0.934. The van der Waals surface area contributed by atoms with Gasteiger partial charge >= 0.3 is 6.03 Å². The van der Waals surface area contributed by atoms with Crippen LogP contribution in [0.5, 0.6) is 0 Å². The summed E-state index contributed by atoms with van der Waals surface area (Å²) in [7, 11) is 1.76. The fourth-order valence-corrected chi connectivity index (χ4v) is 2.90. The van der Waals surface area contributed by atoms with Gasteiger partial charge in [0.25, 0.3) is 0 Å². The Morgan fingerprint density at radius 3 is 3.09 bits per heavy atom. The standard InChI is InChI=1S/C16H19ClN4O2/c1-20(11-12-5-3-10-23-12)16(22)19-14-7-2-6-13(17)15(14)21-9-4-8-18-21/h2,4,6-9,12H,3,5,10-11H2,1H3,(H,19,22)/t12-/m0/s1. The molecule has 0 bridgehead atoms. The predicted molar refractivity (Wildman–Crippen MR) is 89.2 cm³/mol. The Kier molecular flexibility index (Phi) is 4.83. The summed E-state index contributed by atoms with van der Waals surface area (Å²) >= 11 is 6.28. The smallest absolute Gasteiger partial charge is 0.321 e. The fraction of sp³-hybridized carbons (Fsp3) is 0.375. The lowest BCUT2D eigenvalue weighted by Gasteiger charge is -2.22. The monoisotopic (exact) mass is 334 g/mol. The number of para-hydroxylation sites is 1. The van der Waals surface area contributed by atoms with Crippen molar-refractivity contribution >= 4 is 23.3 Å². The molecule has 1 saturated heterocycles. The highest BCUT2D eigenvalue weighted by molar-refractivity contribution is 6.33. The van der Waals surface area contributed by atoms with Crippen LogP contribution in [0.4, 0.5) is 10.5 Å². The number of carbonyl (C=O) groups excluding carboxylic acids is 1. The zero-order valence-corrected chi connectivity index (χ0v) is 13.7. The van der Waals surface area contributed by atoms with Gasteiger partial charge in [0.05, 0.1) is 16.8 Å². The molecule has 23 heavy (non-hydrogen) atoms. The molecule has 6 nitrogen and oxygen atoms in total. The Morgan fingerprint density at radius 2 is 2.39 bits per heavy atom. The van der Waals surface area contributed by atoms with Crippen molar-refractivity contribution in [3.05, 3.63) is 41.7 Å². The highest BCUT2D eigenvalue weighted by Gasteiger charge is 2.21. The minimum absolute atomic E-state index is 0.121. The first-order valence-electron chi connectivity index (χ1n) is 7.57. The first-order valence-corrected chi connectivity index (χ1v) is 7.95. The number of hydrogen-bond donors (Lipinski definition) is 1. The van der Waals surface area contributed by atoms with E-state index in [1.165, 1.54) is 0 Å². The number of amides is 2. The van der Waals surface area contributed by atoms with Crippen LogP contribution in [0.1, 0.15) is 12.8 Å². The number of aromatic nitrogens is 2. The number of carbonyl (C=O) groups is 1. The fourth-order valence-electron chi connectivity index (χ4n) is 2.64. The highest BCUT2D eigenvalue weighted by atomic mass is 35.5. The highest BCUT2D eigenvalue weighted by Crippen LogP contribution is 2.28. The molecule has 1 fully saturated rings. The number of halogens is 1. The van der Waals surface area contributed by atoms with E-state index in [2.05, 4.69) is 10.4 Å². The van der Waals surface area contributed by atoms with Crippen molar-refractivity contribution in [1.29, 1.82) is 0 Å². The summed E-state index contributed by atoms with van der Waals surface area (Å²) in [4.78, 5) is 14.0. The van der Waals surface area contributed by atoms with Crippen molar-refractivity contribution in [1.82, 2.24) is 14.7 Å². The third-order valence-corrected chi connectivity index (χ3v) is 4.12. The second kappa shape index (κ2) is 7.02. The van der Waals surface area contributed by atoms with E-state index >= 15 is 0 Å². The zero-order chi connectivity index (χ0) is 16.2. The van der Waals surface area contributed by atoms with Crippen LogP contribution in [0.25, 0.3) is 5.69 Å². The van der Waals surface area contributed by atoms with Crippen LogP contribution in [-0.4, -0.2) is 47.0 Å². The molecule has 2 amide bonds. The van der Waals surface area contributed by atoms with Gasteiger partial charge in [-0.15, -0.1) is 0 Å². The number of urea groups is 1. The molecule has 7 heteroatoms. The molecule has 0 aliphatic carbocycles. The molecule has 1 aliphatic heterocycles. The van der Waals surface area contributed by atoms with Crippen molar-refractivity contribution in [2.75, 3.05) is 25.5 Å². The number of ether oxygens (including phenoxy) is 1. The summed E-state index contributed by atoms with van der Waals surface area (Å²) < 4.78 is 7.21. The summed E-state index contributed by atoms with van der Waals surface area (Å²) in [5.74, 6) is 0. The lowest BCUT2D eigenvalue weighted by atomic mass is 10.2. The molecule has 0 unspecified atom stereocenters. The van der Waals surface area contributed by atoms with Gasteiger partial charge in [-0.05, 0) is 31.0 Å². The van der Waals surface area contributed by atoms with E-state index in [1.54, 1.807) is 53.3 Å². The van der Waals surface area contributed by atoms with Crippen molar-refractivity contribution in [2.45, 2.75) is 18.9 Å². The average molecular weight is 335 g/mol. The largest absolute Gasteiger partial charge is 0.376 e. The summed E-state index contributed by atoms with van der Waals surface area (Å²) in [6.45, 7) is 1.35. The molecule has 2 heterocycles. The topological polar surface area (TPSA) is 59.4 Å². The van der Waals surface area contributed by atoms with Crippen molar-refractivity contribution < 1.29 is 9.53 Å². The second-order valence-electron chi connectivity index (χ2n) is 5.53. The van der Waals surface area contributed by atoms with Crippen LogP contribution in [0.15, 0.2) is 36.7 Å². The first kappa shape index (κ1) is 15.8. The molecule has 1 atom stereocenters. The number of anilines is 1. The van der Waals surface area contributed by atoms with Gasteiger partial charge in [-0.1, -0.05) is 17.7 Å². The molecule has 1 N–H and O–H groups in total. The van der Waals surface area contributed by atoms with E-state index in [0.717, 1.165) is 19.4 Å². The molecule has 0 saturated carbocycles. The molecule has 0 spiro atoms. The number of nitrogens with zero attached hydrogens (tertiary/aromatic N) is 3. The van der Waals surface area contributed by atoms with Crippen molar-refractivity contribution in [3.63, 3.8) is 0 Å². The van der Waals surface area contributed by atoms with Gasteiger partial charge in [-0.25, -0.2) is 9.48 Å². The van der Waals surface area contributed by atoms with Gasteiger partial charge in [0.1, 0.15) is 5.69 Å². The van der Waals surface area contributed by atoms with Crippen LogP contribution >= 0.6 is 11.6 Å². The molecular formula is C16H19ClN4O2. The predicted octanol–water partition coefficient (Wildman–Crippen LogP) is 3.17. The van der Waals surface area contributed by atoms with Gasteiger partial charge < -0.3 is 15.0 Å². The summed E-state index contributed by atoms with van der Waals surface area (Å²) in [5, 5.41) is 7.61. The molecule has 1 aromatic carbocycles. The molecule has 3 rings (SSSR count). The van der Waals surface area contributed by atoms with E-state index in [9.17, 15) is 4.79 Å². The molecule has 0 radical (unpaired) electrons. The van der Waals surface area contributed by atoms with E-state index < -0.39 is 0 Å². The van der Waals surface area contributed by atoms with Crippen molar-refractivity contribution in [2.24, 2.45) is 0 Å². The number of likely N-dealkylation sites (N-methyl/N-ethyl adjacent to an activating group) is 1. The van der Waals surface area contributed by atoms with Gasteiger partial charge in [-0.3, -0.25) is 0 Å². The van der Waals surface area contributed by atoms with E-state index in [0.29, 0.717) is 22.9 Å². The number of rotatable bonds is 4. The summed E-state index contributed by atoms with van der Waals surface area (Å²) in [6, 6.07) is 6.98. The maximum Gasteiger partial charge on any atom is 0.321 e. The Hall–Kier alpha value is -2.05. The van der Waals surface area contributed by atoms with E-state index in [4.69, 9.17) is 16.3 Å². The normalized spacial score (nSPS) is 17.2. The first-order chi connectivity index (χ1) is 11.1. The number of nitrogens with one attached hydrogen (secondary N) is 1. The van der Waals surface area contributed by atoms with Gasteiger partial charge in [0.15, 0.2) is 0 Å². The molecular weight excluding hydrogens is 316 g/mol.